The van der Waals surface area contributed by atoms with E-state index in [-0.39, 0.29) is 23.2 Å². The maximum atomic E-state index is 13.4. The highest BCUT2D eigenvalue weighted by molar-refractivity contribution is 7.99. The van der Waals surface area contributed by atoms with Crippen LogP contribution in [0.15, 0.2) is 47.4 Å². The van der Waals surface area contributed by atoms with Gasteiger partial charge in [-0.05, 0) is 30.2 Å². The van der Waals surface area contributed by atoms with Crippen molar-refractivity contribution in [3.8, 4) is 0 Å². The lowest BCUT2D eigenvalue weighted by molar-refractivity contribution is 0.427. The number of thioether (sulfide) groups is 1. The van der Waals surface area contributed by atoms with Crippen LogP contribution in [0.1, 0.15) is 17.2 Å². The zero-order chi connectivity index (χ0) is 18.0. The highest BCUT2D eigenvalue weighted by Crippen LogP contribution is 2.38. The number of hydrogen-bond donors (Lipinski definition) is 0. The Morgan fingerprint density at radius 1 is 1.08 bits per heavy atom. The number of sulfonamides is 1. The zero-order valence-corrected chi connectivity index (χ0v) is 15.6. The highest BCUT2D eigenvalue weighted by atomic mass is 35.5. The Morgan fingerprint density at radius 3 is 2.44 bits per heavy atom. The molecule has 3 nitrogen and oxygen atoms in total. The molecule has 0 N–H and O–H groups in total. The summed E-state index contributed by atoms with van der Waals surface area (Å²) in [5, 5.41) is 0.738. The molecule has 3 rings (SSSR count). The van der Waals surface area contributed by atoms with Crippen molar-refractivity contribution in [1.82, 2.24) is 4.31 Å². The predicted molar refractivity (Wildman–Crippen MR) is 96.4 cm³/mol. The minimum atomic E-state index is -3.94. The van der Waals surface area contributed by atoms with E-state index in [9.17, 15) is 17.2 Å². The van der Waals surface area contributed by atoms with Crippen LogP contribution in [0, 0.1) is 11.6 Å². The fourth-order valence-electron chi connectivity index (χ4n) is 2.80. The van der Waals surface area contributed by atoms with Crippen LogP contribution in [0.4, 0.5) is 8.78 Å². The second-order valence-electron chi connectivity index (χ2n) is 5.68. The molecule has 1 saturated heterocycles. The average molecular weight is 404 g/mol. The minimum absolute atomic E-state index is 0.0816. The maximum Gasteiger partial charge on any atom is 0.243 e. The average Bonchev–Trinajstić information content (AvgIpc) is 2.81. The molecule has 0 bridgehead atoms. The van der Waals surface area contributed by atoms with E-state index >= 15 is 0 Å². The van der Waals surface area contributed by atoms with Crippen molar-refractivity contribution in [1.29, 1.82) is 0 Å². The second kappa shape index (κ2) is 7.61. The molecule has 2 aromatic carbocycles. The smallest absolute Gasteiger partial charge is 0.207 e. The molecule has 0 aliphatic carbocycles. The Hall–Kier alpha value is -1.15. The maximum absolute atomic E-state index is 13.4. The number of halogens is 3. The van der Waals surface area contributed by atoms with Gasteiger partial charge in [0.15, 0.2) is 0 Å². The van der Waals surface area contributed by atoms with Crippen LogP contribution in [0.2, 0.25) is 5.02 Å². The topological polar surface area (TPSA) is 37.4 Å². The summed E-state index contributed by atoms with van der Waals surface area (Å²) < 4.78 is 53.5. The van der Waals surface area contributed by atoms with E-state index < -0.39 is 21.7 Å². The molecule has 0 saturated carbocycles. The van der Waals surface area contributed by atoms with Crippen LogP contribution in [0.25, 0.3) is 0 Å². The van der Waals surface area contributed by atoms with E-state index in [1.54, 1.807) is 11.8 Å². The van der Waals surface area contributed by atoms with Crippen LogP contribution in [0.3, 0.4) is 0 Å². The fourth-order valence-corrected chi connectivity index (χ4v) is 6.02. The van der Waals surface area contributed by atoms with Gasteiger partial charge in [-0.2, -0.15) is 16.1 Å². The van der Waals surface area contributed by atoms with Crippen LogP contribution in [-0.4, -0.2) is 31.6 Å². The Labute approximate surface area is 155 Å². The second-order valence-corrected chi connectivity index (χ2v) is 9.33. The summed E-state index contributed by atoms with van der Waals surface area (Å²) in [5.74, 6) is -1.24. The standard InChI is InChI=1S/C17H16ClF2NO2S2/c18-16-4-2-1-3-15(16)17-5-6-21(7-8-24-17)25(22,23)14-10-12(19)9-13(20)11-14/h1-4,9-11,17H,5-8H2. The Kier molecular flexibility index (Phi) is 5.68. The van der Waals surface area contributed by atoms with Gasteiger partial charge >= 0.3 is 0 Å². The summed E-state index contributed by atoms with van der Waals surface area (Å²) in [5.41, 5.74) is 0.977. The van der Waals surface area contributed by atoms with E-state index in [1.165, 1.54) is 4.31 Å². The first-order valence-electron chi connectivity index (χ1n) is 7.70. The zero-order valence-electron chi connectivity index (χ0n) is 13.2. The molecule has 1 unspecified atom stereocenters. The van der Waals surface area contributed by atoms with Gasteiger partial charge in [-0.25, -0.2) is 17.2 Å². The van der Waals surface area contributed by atoms with Crippen molar-refractivity contribution < 1.29 is 17.2 Å². The predicted octanol–water partition coefficient (Wildman–Crippen LogP) is 4.49. The van der Waals surface area contributed by atoms with Gasteiger partial charge in [0.2, 0.25) is 10.0 Å². The molecule has 1 atom stereocenters. The summed E-state index contributed by atoms with van der Waals surface area (Å²) in [6, 6.07) is 9.85. The summed E-state index contributed by atoms with van der Waals surface area (Å²) in [6.07, 6.45) is 0.575. The third-order valence-electron chi connectivity index (χ3n) is 4.03. The van der Waals surface area contributed by atoms with Gasteiger partial charge in [0, 0.05) is 35.2 Å². The van der Waals surface area contributed by atoms with Crippen molar-refractivity contribution in [2.45, 2.75) is 16.6 Å². The molecule has 0 aromatic heterocycles. The van der Waals surface area contributed by atoms with Gasteiger partial charge < -0.3 is 0 Å². The van der Waals surface area contributed by atoms with Crippen molar-refractivity contribution in [3.05, 3.63) is 64.7 Å². The van der Waals surface area contributed by atoms with Crippen molar-refractivity contribution in [2.24, 2.45) is 0 Å². The lowest BCUT2D eigenvalue weighted by atomic mass is 10.1. The first-order chi connectivity index (χ1) is 11.9. The monoisotopic (exact) mass is 403 g/mol. The van der Waals surface area contributed by atoms with Gasteiger partial charge in [-0.15, -0.1) is 0 Å². The lowest BCUT2D eigenvalue weighted by Crippen LogP contribution is -2.33. The van der Waals surface area contributed by atoms with Gasteiger partial charge in [-0.3, -0.25) is 0 Å². The summed E-state index contributed by atoms with van der Waals surface area (Å²) >= 11 is 7.87. The third kappa shape index (κ3) is 4.16. The fraction of sp³-hybridized carbons (Fsp3) is 0.294. The lowest BCUT2D eigenvalue weighted by Gasteiger charge is -2.20. The van der Waals surface area contributed by atoms with E-state index in [0.717, 1.165) is 17.7 Å². The van der Waals surface area contributed by atoms with Crippen LogP contribution >= 0.6 is 23.4 Å². The molecule has 0 radical (unpaired) electrons. The molecule has 1 heterocycles. The highest BCUT2D eigenvalue weighted by Gasteiger charge is 2.29. The Bertz CT molecular complexity index is 856. The SMILES string of the molecule is O=S(=O)(c1cc(F)cc(F)c1)N1CCSC(c2ccccc2Cl)CC1. The van der Waals surface area contributed by atoms with Gasteiger partial charge in [-0.1, -0.05) is 29.8 Å². The largest absolute Gasteiger partial charge is 0.243 e. The summed E-state index contributed by atoms with van der Waals surface area (Å²) in [6.45, 7) is 0.551. The summed E-state index contributed by atoms with van der Waals surface area (Å²) in [4.78, 5) is -0.355. The molecule has 0 spiro atoms. The third-order valence-corrected chi connectivity index (χ3v) is 7.56. The Morgan fingerprint density at radius 2 is 1.76 bits per heavy atom. The van der Waals surface area contributed by atoms with Crippen molar-refractivity contribution in [2.75, 3.05) is 18.8 Å². The first-order valence-corrected chi connectivity index (χ1v) is 10.6. The molecule has 1 aliphatic heterocycles. The quantitative estimate of drug-likeness (QED) is 0.757. The van der Waals surface area contributed by atoms with Crippen LogP contribution < -0.4 is 0 Å². The van der Waals surface area contributed by atoms with Crippen LogP contribution in [0.5, 0.6) is 0 Å². The molecular formula is C17H16ClF2NO2S2. The normalized spacial score (nSPS) is 19.6. The number of benzene rings is 2. The van der Waals surface area contributed by atoms with E-state index in [1.807, 2.05) is 24.3 Å². The molecule has 1 fully saturated rings. The number of nitrogens with zero attached hydrogens (tertiary/aromatic N) is 1. The van der Waals surface area contributed by atoms with Gasteiger partial charge in [0.25, 0.3) is 0 Å². The van der Waals surface area contributed by atoms with Gasteiger partial charge in [0.1, 0.15) is 11.6 Å². The molecule has 25 heavy (non-hydrogen) atoms. The molecule has 134 valence electrons. The molecule has 2 aromatic rings. The number of hydrogen-bond acceptors (Lipinski definition) is 3. The van der Waals surface area contributed by atoms with E-state index in [0.29, 0.717) is 23.3 Å². The van der Waals surface area contributed by atoms with Gasteiger partial charge in [0.05, 0.1) is 4.90 Å². The number of rotatable bonds is 3. The van der Waals surface area contributed by atoms with E-state index in [2.05, 4.69) is 0 Å². The van der Waals surface area contributed by atoms with Crippen molar-refractivity contribution in [3.63, 3.8) is 0 Å². The Balaban J connectivity index is 1.82. The van der Waals surface area contributed by atoms with E-state index in [4.69, 9.17) is 11.6 Å². The summed E-state index contributed by atoms with van der Waals surface area (Å²) in [7, 11) is -3.94. The molecule has 1 aliphatic rings. The van der Waals surface area contributed by atoms with Crippen LogP contribution in [-0.2, 0) is 10.0 Å². The molecular weight excluding hydrogens is 388 g/mol. The minimum Gasteiger partial charge on any atom is -0.207 e. The first kappa shape index (κ1) is 18.6. The molecule has 8 heteroatoms. The van der Waals surface area contributed by atoms with Crippen molar-refractivity contribution >= 4 is 33.4 Å². The molecule has 0 amide bonds.